The van der Waals surface area contributed by atoms with Gasteiger partial charge in [0.15, 0.2) is 0 Å². The number of nitrogens with zero attached hydrogens (tertiary/aromatic N) is 6. The fraction of sp³-hybridized carbons (Fsp3) is 0.423. The lowest BCUT2D eigenvalue weighted by Gasteiger charge is -2.37. The van der Waals surface area contributed by atoms with Crippen LogP contribution in [0.1, 0.15) is 41.1 Å². The van der Waals surface area contributed by atoms with E-state index in [1.54, 1.807) is 0 Å². The van der Waals surface area contributed by atoms with Crippen molar-refractivity contribution in [1.29, 1.82) is 0 Å². The molecule has 0 aliphatic carbocycles. The van der Waals surface area contributed by atoms with Gasteiger partial charge in [-0.25, -0.2) is 4.98 Å². The van der Waals surface area contributed by atoms with Crippen LogP contribution in [0.5, 0.6) is 0 Å². The van der Waals surface area contributed by atoms with Gasteiger partial charge in [-0.15, -0.1) is 0 Å². The molecule has 2 aliphatic heterocycles. The van der Waals surface area contributed by atoms with Gasteiger partial charge < -0.3 is 9.80 Å². The normalized spacial score (nSPS) is 17.2. The summed E-state index contributed by atoms with van der Waals surface area (Å²) in [6, 6.07) is 15.1. The topological polar surface area (TPSA) is 48.4 Å². The highest BCUT2D eigenvalue weighted by atomic mass is 15.3. The molecule has 6 heteroatoms. The molecule has 0 saturated carbocycles. The molecule has 2 aliphatic rings. The zero-order chi connectivity index (χ0) is 21.9. The summed E-state index contributed by atoms with van der Waals surface area (Å²) < 4.78 is 0. The van der Waals surface area contributed by atoms with Crippen molar-refractivity contribution in [3.63, 3.8) is 0 Å². The third-order valence-corrected chi connectivity index (χ3v) is 6.73. The van der Waals surface area contributed by atoms with Crippen LogP contribution in [-0.2, 0) is 19.5 Å². The molecule has 0 bridgehead atoms. The lowest BCUT2D eigenvalue weighted by molar-refractivity contribution is 0.241. The summed E-state index contributed by atoms with van der Waals surface area (Å²) in [7, 11) is 4.07. The smallest absolute Gasteiger partial charge is 0.227 e. The number of benzene rings is 1. The number of hydrogen-bond acceptors (Lipinski definition) is 6. The van der Waals surface area contributed by atoms with E-state index in [-0.39, 0.29) is 0 Å². The predicted octanol–water partition coefficient (Wildman–Crippen LogP) is 3.88. The van der Waals surface area contributed by atoms with Crippen molar-refractivity contribution in [3.05, 3.63) is 77.2 Å². The Labute approximate surface area is 190 Å². The highest BCUT2D eigenvalue weighted by Crippen LogP contribution is 2.34. The number of aromatic nitrogens is 3. The Morgan fingerprint density at radius 3 is 2.41 bits per heavy atom. The molecule has 0 spiro atoms. The lowest BCUT2D eigenvalue weighted by Crippen LogP contribution is -2.37. The van der Waals surface area contributed by atoms with E-state index in [9.17, 15) is 0 Å². The van der Waals surface area contributed by atoms with Gasteiger partial charge in [-0.2, -0.15) is 4.98 Å². The molecule has 1 saturated heterocycles. The largest absolute Gasteiger partial charge is 0.356 e. The maximum Gasteiger partial charge on any atom is 0.227 e. The fourth-order valence-electron chi connectivity index (χ4n) is 4.95. The van der Waals surface area contributed by atoms with E-state index in [0.29, 0.717) is 5.92 Å². The quantitative estimate of drug-likeness (QED) is 0.615. The second-order valence-corrected chi connectivity index (χ2v) is 9.16. The predicted molar refractivity (Wildman–Crippen MR) is 129 cm³/mol. The molecule has 3 aromatic rings. The summed E-state index contributed by atoms with van der Waals surface area (Å²) >= 11 is 0. The third kappa shape index (κ3) is 4.46. The molecule has 1 aromatic carbocycles. The molecule has 32 heavy (non-hydrogen) atoms. The summed E-state index contributed by atoms with van der Waals surface area (Å²) in [4.78, 5) is 21.2. The van der Waals surface area contributed by atoms with Crippen LogP contribution in [0.4, 0.5) is 11.8 Å². The van der Waals surface area contributed by atoms with Crippen molar-refractivity contribution in [3.8, 4) is 0 Å². The standard InChI is InChI=1S/C26H32N6/c1-30(2)26-28-24-19-31(18-20-6-4-3-5-7-20)15-12-23(24)25(29-26)32-16-10-22(11-17-32)21-8-13-27-14-9-21/h3-9,13-14,22H,10-12,15-19H2,1-2H3. The maximum atomic E-state index is 5.03. The molecule has 0 atom stereocenters. The molecular weight excluding hydrogens is 396 g/mol. The average Bonchev–Trinajstić information content (AvgIpc) is 2.84. The Morgan fingerprint density at radius 1 is 0.938 bits per heavy atom. The van der Waals surface area contributed by atoms with E-state index in [1.807, 2.05) is 31.4 Å². The molecule has 0 radical (unpaired) electrons. The minimum Gasteiger partial charge on any atom is -0.356 e. The van der Waals surface area contributed by atoms with Crippen LogP contribution in [0, 0.1) is 0 Å². The number of fused-ring (bicyclic) bond motifs is 1. The van der Waals surface area contributed by atoms with Crippen LogP contribution in [-0.4, -0.2) is 53.6 Å². The summed E-state index contributed by atoms with van der Waals surface area (Å²) in [6.07, 6.45) is 7.13. The first-order chi connectivity index (χ1) is 15.7. The van der Waals surface area contributed by atoms with E-state index in [4.69, 9.17) is 9.97 Å². The minimum atomic E-state index is 0.613. The van der Waals surface area contributed by atoms with Crippen molar-refractivity contribution in [2.45, 2.75) is 38.3 Å². The first-order valence-electron chi connectivity index (χ1n) is 11.7. The Kier molecular flexibility index (Phi) is 6.04. The van der Waals surface area contributed by atoms with E-state index in [2.05, 4.69) is 57.2 Å². The summed E-state index contributed by atoms with van der Waals surface area (Å²) in [5.74, 6) is 2.59. The fourth-order valence-corrected chi connectivity index (χ4v) is 4.95. The summed E-state index contributed by atoms with van der Waals surface area (Å²) in [5.41, 5.74) is 5.31. The van der Waals surface area contributed by atoms with Gasteiger partial charge in [0.2, 0.25) is 5.95 Å². The van der Waals surface area contributed by atoms with Crippen LogP contribution in [0.2, 0.25) is 0 Å². The molecule has 6 nitrogen and oxygen atoms in total. The first-order valence-corrected chi connectivity index (χ1v) is 11.7. The molecule has 166 valence electrons. The number of hydrogen-bond donors (Lipinski definition) is 0. The second kappa shape index (κ2) is 9.25. The van der Waals surface area contributed by atoms with Gasteiger partial charge in [-0.3, -0.25) is 9.88 Å². The molecule has 2 aromatic heterocycles. The Hall–Kier alpha value is -2.99. The Morgan fingerprint density at radius 2 is 1.69 bits per heavy atom. The highest BCUT2D eigenvalue weighted by Gasteiger charge is 2.28. The van der Waals surface area contributed by atoms with Crippen molar-refractivity contribution in [1.82, 2.24) is 19.9 Å². The first kappa shape index (κ1) is 20.9. The van der Waals surface area contributed by atoms with Crippen molar-refractivity contribution >= 4 is 11.8 Å². The Bertz CT molecular complexity index is 1030. The van der Waals surface area contributed by atoms with Gasteiger partial charge in [0, 0.05) is 64.8 Å². The zero-order valence-corrected chi connectivity index (χ0v) is 19.1. The zero-order valence-electron chi connectivity index (χ0n) is 19.1. The van der Waals surface area contributed by atoms with Gasteiger partial charge >= 0.3 is 0 Å². The van der Waals surface area contributed by atoms with Crippen LogP contribution in [0.25, 0.3) is 0 Å². The van der Waals surface area contributed by atoms with Gasteiger partial charge in [-0.05, 0) is 48.4 Å². The van der Waals surface area contributed by atoms with Crippen LogP contribution in [0.3, 0.4) is 0 Å². The number of rotatable bonds is 5. The molecule has 4 heterocycles. The summed E-state index contributed by atoms with van der Waals surface area (Å²) in [5, 5.41) is 0. The van der Waals surface area contributed by atoms with E-state index >= 15 is 0 Å². The monoisotopic (exact) mass is 428 g/mol. The molecule has 0 amide bonds. The number of piperidine rings is 1. The molecule has 0 unspecified atom stereocenters. The van der Waals surface area contributed by atoms with Gasteiger partial charge in [-0.1, -0.05) is 30.3 Å². The lowest BCUT2D eigenvalue weighted by atomic mass is 9.90. The molecule has 0 N–H and O–H groups in total. The summed E-state index contributed by atoms with van der Waals surface area (Å²) in [6.45, 7) is 4.98. The van der Waals surface area contributed by atoms with Gasteiger partial charge in [0.25, 0.3) is 0 Å². The third-order valence-electron chi connectivity index (χ3n) is 6.73. The van der Waals surface area contributed by atoms with Crippen LogP contribution >= 0.6 is 0 Å². The second-order valence-electron chi connectivity index (χ2n) is 9.16. The average molecular weight is 429 g/mol. The number of pyridine rings is 1. The molecule has 5 rings (SSSR count). The van der Waals surface area contributed by atoms with Crippen molar-refractivity contribution < 1.29 is 0 Å². The van der Waals surface area contributed by atoms with Crippen LogP contribution < -0.4 is 9.80 Å². The molecular formula is C26H32N6. The van der Waals surface area contributed by atoms with Gasteiger partial charge in [0.05, 0.1) is 5.69 Å². The van der Waals surface area contributed by atoms with E-state index in [0.717, 1.165) is 63.8 Å². The molecule has 1 fully saturated rings. The highest BCUT2D eigenvalue weighted by molar-refractivity contribution is 5.54. The van der Waals surface area contributed by atoms with Crippen molar-refractivity contribution in [2.75, 3.05) is 43.5 Å². The minimum absolute atomic E-state index is 0.613. The SMILES string of the molecule is CN(C)c1nc2c(c(N3CCC(c4ccncc4)CC3)n1)CCN(Cc1ccccc1)C2. The maximum absolute atomic E-state index is 5.03. The van der Waals surface area contributed by atoms with Crippen molar-refractivity contribution in [2.24, 2.45) is 0 Å². The van der Waals surface area contributed by atoms with Gasteiger partial charge in [0.1, 0.15) is 5.82 Å². The van der Waals surface area contributed by atoms with Crippen LogP contribution in [0.15, 0.2) is 54.9 Å². The Balaban J connectivity index is 1.36. The van der Waals surface area contributed by atoms with E-state index in [1.165, 1.54) is 22.4 Å². The van der Waals surface area contributed by atoms with E-state index < -0.39 is 0 Å². The number of anilines is 2.